The second kappa shape index (κ2) is 4.42. The van der Waals surface area contributed by atoms with Gasteiger partial charge in [0.2, 0.25) is 0 Å². The monoisotopic (exact) mass is 214 g/mol. The number of piperidine rings is 1. The third kappa shape index (κ3) is 2.16. The van der Waals surface area contributed by atoms with Crippen LogP contribution in [0.3, 0.4) is 0 Å². The van der Waals surface area contributed by atoms with Crippen LogP contribution in [0.4, 0.5) is 0 Å². The van der Waals surface area contributed by atoms with Gasteiger partial charge in [0.1, 0.15) is 0 Å². The molecule has 2 heterocycles. The Morgan fingerprint density at radius 1 is 1.36 bits per heavy atom. The summed E-state index contributed by atoms with van der Waals surface area (Å²) in [5, 5.41) is 3.82. The number of hydrogen-bond donors (Lipinski definition) is 3. The van der Waals surface area contributed by atoms with Gasteiger partial charge in [0, 0.05) is 18.6 Å². The van der Waals surface area contributed by atoms with Gasteiger partial charge in [-0.3, -0.25) is 0 Å². The normalized spacial score (nSPS) is 32.4. The second-order valence-corrected chi connectivity index (χ2v) is 4.58. The molecule has 0 spiro atoms. The van der Waals surface area contributed by atoms with Gasteiger partial charge in [0.15, 0.2) is 5.11 Å². The van der Waals surface area contributed by atoms with E-state index in [2.05, 4.69) is 15.6 Å². The Kier molecular flexibility index (Phi) is 3.20. The van der Waals surface area contributed by atoms with Gasteiger partial charge >= 0.3 is 0 Å². The Balaban J connectivity index is 1.82. The number of nitrogens with one attached hydrogen (secondary N) is 2. The lowest BCUT2D eigenvalue weighted by atomic mass is 9.98. The van der Waals surface area contributed by atoms with Gasteiger partial charge in [0.05, 0.1) is 0 Å². The number of thiocarbonyl (C=S) groups is 1. The van der Waals surface area contributed by atoms with Crippen molar-refractivity contribution in [3.8, 4) is 0 Å². The van der Waals surface area contributed by atoms with E-state index in [9.17, 15) is 0 Å². The molecule has 2 rings (SSSR count). The molecule has 4 nitrogen and oxygen atoms in total. The van der Waals surface area contributed by atoms with Crippen LogP contribution in [-0.2, 0) is 0 Å². The lowest BCUT2D eigenvalue weighted by Crippen LogP contribution is -2.51. The first-order valence-corrected chi connectivity index (χ1v) is 5.71. The summed E-state index contributed by atoms with van der Waals surface area (Å²) in [7, 11) is 0. The molecule has 5 heteroatoms. The van der Waals surface area contributed by atoms with Crippen molar-refractivity contribution in [1.82, 2.24) is 15.6 Å². The maximum Gasteiger partial charge on any atom is 0.180 e. The van der Waals surface area contributed by atoms with Crippen LogP contribution >= 0.6 is 12.2 Å². The first-order valence-electron chi connectivity index (χ1n) is 5.31. The molecule has 4 N–H and O–H groups in total. The number of rotatable bonds is 1. The van der Waals surface area contributed by atoms with Gasteiger partial charge in [-0.2, -0.15) is 0 Å². The molecule has 14 heavy (non-hydrogen) atoms. The molecule has 0 aliphatic carbocycles. The summed E-state index contributed by atoms with van der Waals surface area (Å²) in [5.74, 6) is 5.23. The van der Waals surface area contributed by atoms with Crippen molar-refractivity contribution in [3.05, 3.63) is 0 Å². The summed E-state index contributed by atoms with van der Waals surface area (Å²) in [5.41, 5.74) is 2.48. The fraction of sp³-hybridized carbons (Fsp3) is 0.889. The summed E-state index contributed by atoms with van der Waals surface area (Å²) in [4.78, 5) is 2.59. The molecule has 2 fully saturated rings. The maximum atomic E-state index is 5.23. The van der Waals surface area contributed by atoms with Gasteiger partial charge < -0.3 is 15.6 Å². The van der Waals surface area contributed by atoms with Gasteiger partial charge in [-0.05, 0) is 44.4 Å². The lowest BCUT2D eigenvalue weighted by Gasteiger charge is -2.35. The van der Waals surface area contributed by atoms with E-state index in [0.717, 1.165) is 6.04 Å². The molecule has 0 saturated carbocycles. The minimum Gasteiger partial charge on any atom is -0.359 e. The van der Waals surface area contributed by atoms with E-state index in [1.807, 2.05) is 0 Å². The van der Waals surface area contributed by atoms with Crippen LogP contribution in [0, 0.1) is 0 Å². The Labute approximate surface area is 90.2 Å². The molecule has 2 aliphatic heterocycles. The zero-order chi connectivity index (χ0) is 9.97. The van der Waals surface area contributed by atoms with Crippen molar-refractivity contribution in [1.29, 1.82) is 0 Å². The molecular formula is C9H18N4S. The Morgan fingerprint density at radius 2 is 2.21 bits per heavy atom. The highest BCUT2D eigenvalue weighted by Crippen LogP contribution is 2.26. The van der Waals surface area contributed by atoms with Gasteiger partial charge in [0.25, 0.3) is 0 Å². The summed E-state index contributed by atoms with van der Waals surface area (Å²) in [6.45, 7) is 2.49. The van der Waals surface area contributed by atoms with Crippen LogP contribution in [-0.4, -0.2) is 35.2 Å². The molecule has 0 radical (unpaired) electrons. The Morgan fingerprint density at radius 3 is 3.00 bits per heavy atom. The van der Waals surface area contributed by atoms with Crippen LogP contribution in [0.25, 0.3) is 0 Å². The maximum absolute atomic E-state index is 5.23. The van der Waals surface area contributed by atoms with Crippen molar-refractivity contribution in [2.45, 2.75) is 37.8 Å². The molecule has 2 unspecified atom stereocenters. The summed E-state index contributed by atoms with van der Waals surface area (Å²) in [6.07, 6.45) is 5.10. The molecule has 0 aromatic carbocycles. The highest BCUT2D eigenvalue weighted by molar-refractivity contribution is 7.80. The van der Waals surface area contributed by atoms with Crippen molar-refractivity contribution in [2.24, 2.45) is 5.84 Å². The number of hydrogen-bond acceptors (Lipinski definition) is 3. The number of nitrogens with two attached hydrogens (primary N) is 1. The average molecular weight is 214 g/mol. The highest BCUT2D eigenvalue weighted by atomic mass is 32.1. The van der Waals surface area contributed by atoms with E-state index in [0.29, 0.717) is 11.2 Å². The van der Waals surface area contributed by atoms with Crippen molar-refractivity contribution < 1.29 is 0 Å². The standard InChI is InChI=1S/C9H18N4S/c10-12-9(14)11-7-3-5-13-4-1-2-8(13)6-7/h7-8H,1-6,10H2,(H2,11,12,14). The van der Waals surface area contributed by atoms with E-state index in [1.165, 1.54) is 38.8 Å². The molecule has 2 aliphatic rings. The fourth-order valence-corrected chi connectivity index (χ4v) is 2.75. The van der Waals surface area contributed by atoms with Crippen LogP contribution in [0.1, 0.15) is 25.7 Å². The van der Waals surface area contributed by atoms with Crippen molar-refractivity contribution in [2.75, 3.05) is 13.1 Å². The van der Waals surface area contributed by atoms with Crippen LogP contribution in [0.15, 0.2) is 0 Å². The molecule has 2 saturated heterocycles. The van der Waals surface area contributed by atoms with E-state index < -0.39 is 0 Å². The molecule has 2 atom stereocenters. The average Bonchev–Trinajstić information content (AvgIpc) is 2.64. The lowest BCUT2D eigenvalue weighted by molar-refractivity contribution is 0.175. The molecular weight excluding hydrogens is 196 g/mol. The van der Waals surface area contributed by atoms with E-state index in [1.54, 1.807) is 0 Å². The molecule has 0 aromatic rings. The van der Waals surface area contributed by atoms with E-state index in [4.69, 9.17) is 18.1 Å². The Hall–Kier alpha value is -0.390. The first-order chi connectivity index (χ1) is 6.79. The van der Waals surface area contributed by atoms with Crippen LogP contribution in [0.2, 0.25) is 0 Å². The SMILES string of the molecule is NNC(=S)NC1CCN2CCCC2C1. The number of fused-ring (bicyclic) bond motifs is 1. The van der Waals surface area contributed by atoms with Crippen LogP contribution in [0.5, 0.6) is 0 Å². The molecule has 80 valence electrons. The minimum atomic E-state index is 0.512. The fourth-order valence-electron chi connectivity index (χ4n) is 2.58. The van der Waals surface area contributed by atoms with Crippen molar-refractivity contribution >= 4 is 17.3 Å². The van der Waals surface area contributed by atoms with Gasteiger partial charge in [-0.15, -0.1) is 0 Å². The van der Waals surface area contributed by atoms with Gasteiger partial charge in [-0.1, -0.05) is 0 Å². The molecule has 0 amide bonds. The zero-order valence-electron chi connectivity index (χ0n) is 8.33. The minimum absolute atomic E-state index is 0.512. The summed E-state index contributed by atoms with van der Waals surface area (Å²) < 4.78 is 0. The predicted octanol–water partition coefficient (Wildman–Crippen LogP) is -0.0490. The molecule has 0 aromatic heterocycles. The zero-order valence-corrected chi connectivity index (χ0v) is 9.15. The Bertz CT molecular complexity index is 221. The first kappa shape index (κ1) is 10.1. The largest absolute Gasteiger partial charge is 0.359 e. The quantitative estimate of drug-likeness (QED) is 0.325. The second-order valence-electron chi connectivity index (χ2n) is 4.17. The van der Waals surface area contributed by atoms with E-state index >= 15 is 0 Å². The third-order valence-electron chi connectivity index (χ3n) is 3.29. The van der Waals surface area contributed by atoms with Gasteiger partial charge in [-0.25, -0.2) is 5.84 Å². The number of nitrogens with zero attached hydrogens (tertiary/aromatic N) is 1. The van der Waals surface area contributed by atoms with Crippen molar-refractivity contribution in [3.63, 3.8) is 0 Å². The smallest absolute Gasteiger partial charge is 0.180 e. The summed E-state index contributed by atoms with van der Waals surface area (Å²) >= 11 is 5.00. The molecule has 0 bridgehead atoms. The highest BCUT2D eigenvalue weighted by Gasteiger charge is 2.31. The topological polar surface area (TPSA) is 53.3 Å². The summed E-state index contributed by atoms with van der Waals surface area (Å²) in [6, 6.07) is 1.29. The third-order valence-corrected chi connectivity index (χ3v) is 3.52. The number of hydrazine groups is 1. The van der Waals surface area contributed by atoms with Crippen LogP contribution < -0.4 is 16.6 Å². The van der Waals surface area contributed by atoms with E-state index in [-0.39, 0.29) is 0 Å². The predicted molar refractivity (Wildman–Crippen MR) is 60.7 cm³/mol.